The molecule has 0 bridgehead atoms. The maximum absolute atomic E-state index is 13.9. The summed E-state index contributed by atoms with van der Waals surface area (Å²) >= 11 is 0. The van der Waals surface area contributed by atoms with Gasteiger partial charge in [0.25, 0.3) is 0 Å². The van der Waals surface area contributed by atoms with Crippen molar-refractivity contribution in [3.05, 3.63) is 40.8 Å². The minimum atomic E-state index is -1.94. The number of fused-ring (bicyclic) bond motifs is 1. The number of carboxylic acids is 2. The Kier molecular flexibility index (Phi) is 2.85. The number of pyridine rings is 1. The number of carboxylic acid groups (broad SMARTS) is 2. The van der Waals surface area contributed by atoms with E-state index >= 15 is 0 Å². The molecule has 0 saturated carbocycles. The van der Waals surface area contributed by atoms with E-state index in [1.807, 2.05) is 0 Å². The van der Waals surface area contributed by atoms with Crippen LogP contribution in [-0.2, 0) is 0 Å². The highest BCUT2D eigenvalue weighted by molar-refractivity contribution is 6.04. The molecule has 0 saturated heterocycles. The lowest BCUT2D eigenvalue weighted by molar-refractivity contribution is 0.0642. The van der Waals surface area contributed by atoms with Crippen LogP contribution in [0, 0.1) is 17.5 Å². The van der Waals surface area contributed by atoms with E-state index in [4.69, 9.17) is 10.2 Å². The summed E-state index contributed by atoms with van der Waals surface area (Å²) in [7, 11) is 0. The van der Waals surface area contributed by atoms with E-state index in [0.717, 1.165) is 6.07 Å². The number of carbonyl (C=O) groups is 2. The van der Waals surface area contributed by atoms with Crippen molar-refractivity contribution in [2.24, 2.45) is 0 Å². The third-order valence-corrected chi connectivity index (χ3v) is 2.40. The van der Waals surface area contributed by atoms with Crippen LogP contribution >= 0.6 is 0 Å². The second-order valence-electron chi connectivity index (χ2n) is 3.52. The SMILES string of the molecule is O=C(O)c1nc2ccc(F)c(F)c2c(F)c1C(=O)O. The summed E-state index contributed by atoms with van der Waals surface area (Å²) in [6.07, 6.45) is 0. The number of hydrogen-bond donors (Lipinski definition) is 2. The Labute approximate surface area is 102 Å². The standard InChI is InChI=1S/C11H4F3NO4/c12-3-1-2-4-5(7(3)13)8(14)6(10(16)17)9(15-4)11(18)19/h1-2H,(H,16,17)(H,18,19). The maximum atomic E-state index is 13.9. The highest BCUT2D eigenvalue weighted by Gasteiger charge is 2.27. The molecular formula is C11H4F3NO4. The van der Waals surface area contributed by atoms with Gasteiger partial charge in [-0.05, 0) is 12.1 Å². The third kappa shape index (κ3) is 1.86. The van der Waals surface area contributed by atoms with Gasteiger partial charge in [0, 0.05) is 0 Å². The van der Waals surface area contributed by atoms with Crippen molar-refractivity contribution in [2.45, 2.75) is 0 Å². The first kappa shape index (κ1) is 12.8. The Morgan fingerprint density at radius 2 is 1.63 bits per heavy atom. The largest absolute Gasteiger partial charge is 0.478 e. The first-order valence-corrected chi connectivity index (χ1v) is 4.78. The Morgan fingerprint density at radius 1 is 1.00 bits per heavy atom. The van der Waals surface area contributed by atoms with Gasteiger partial charge in [-0.3, -0.25) is 0 Å². The van der Waals surface area contributed by atoms with Crippen LogP contribution in [0.1, 0.15) is 20.8 Å². The van der Waals surface area contributed by atoms with Crippen molar-refractivity contribution in [2.75, 3.05) is 0 Å². The monoisotopic (exact) mass is 271 g/mol. The van der Waals surface area contributed by atoms with Crippen LogP contribution in [0.3, 0.4) is 0 Å². The second kappa shape index (κ2) is 4.23. The lowest BCUT2D eigenvalue weighted by Gasteiger charge is -2.07. The molecule has 0 amide bonds. The van der Waals surface area contributed by atoms with Crippen LogP contribution in [0.4, 0.5) is 13.2 Å². The van der Waals surface area contributed by atoms with Gasteiger partial charge in [-0.25, -0.2) is 27.7 Å². The van der Waals surface area contributed by atoms with Gasteiger partial charge in [0.05, 0.1) is 10.9 Å². The summed E-state index contributed by atoms with van der Waals surface area (Å²) in [4.78, 5) is 25.0. The maximum Gasteiger partial charge on any atom is 0.355 e. The molecule has 0 spiro atoms. The molecule has 0 unspecified atom stereocenters. The lowest BCUT2D eigenvalue weighted by atomic mass is 10.1. The lowest BCUT2D eigenvalue weighted by Crippen LogP contribution is -2.14. The van der Waals surface area contributed by atoms with E-state index < -0.39 is 51.6 Å². The molecule has 0 aliphatic rings. The summed E-state index contributed by atoms with van der Waals surface area (Å²) in [5.74, 6) is -8.42. The molecule has 5 nitrogen and oxygen atoms in total. The Morgan fingerprint density at radius 3 is 2.16 bits per heavy atom. The molecule has 19 heavy (non-hydrogen) atoms. The quantitative estimate of drug-likeness (QED) is 0.872. The average Bonchev–Trinajstić information content (AvgIpc) is 2.32. The molecule has 2 N–H and O–H groups in total. The zero-order valence-corrected chi connectivity index (χ0v) is 8.95. The van der Waals surface area contributed by atoms with Crippen LogP contribution in [-0.4, -0.2) is 27.1 Å². The summed E-state index contributed by atoms with van der Waals surface area (Å²) in [6, 6.07) is 1.49. The highest BCUT2D eigenvalue weighted by Crippen LogP contribution is 2.26. The summed E-state index contributed by atoms with van der Waals surface area (Å²) in [5, 5.41) is 16.5. The van der Waals surface area contributed by atoms with Gasteiger partial charge in [-0.1, -0.05) is 0 Å². The number of aromatic carboxylic acids is 2. The second-order valence-corrected chi connectivity index (χ2v) is 3.52. The molecule has 1 aromatic heterocycles. The summed E-state index contributed by atoms with van der Waals surface area (Å²) in [5.41, 5.74) is -2.88. The molecule has 0 aliphatic heterocycles. The minimum Gasteiger partial charge on any atom is -0.478 e. The van der Waals surface area contributed by atoms with Gasteiger partial charge in [0.1, 0.15) is 5.56 Å². The van der Waals surface area contributed by atoms with E-state index in [2.05, 4.69) is 4.98 Å². The molecule has 0 aliphatic carbocycles. The van der Waals surface area contributed by atoms with E-state index in [-0.39, 0.29) is 0 Å². The van der Waals surface area contributed by atoms with Gasteiger partial charge >= 0.3 is 11.9 Å². The molecular weight excluding hydrogens is 267 g/mol. The zero-order chi connectivity index (χ0) is 14.3. The number of nitrogens with zero attached hydrogens (tertiary/aromatic N) is 1. The first-order valence-electron chi connectivity index (χ1n) is 4.78. The van der Waals surface area contributed by atoms with Crippen LogP contribution in [0.5, 0.6) is 0 Å². The molecule has 8 heteroatoms. The zero-order valence-electron chi connectivity index (χ0n) is 8.95. The number of rotatable bonds is 2. The van der Waals surface area contributed by atoms with Crippen molar-refractivity contribution in [3.8, 4) is 0 Å². The molecule has 2 aromatic rings. The summed E-state index contributed by atoms with van der Waals surface area (Å²) in [6.45, 7) is 0. The normalized spacial score (nSPS) is 10.7. The van der Waals surface area contributed by atoms with Crippen LogP contribution in [0.25, 0.3) is 10.9 Å². The fourth-order valence-electron chi connectivity index (χ4n) is 1.60. The van der Waals surface area contributed by atoms with Crippen molar-refractivity contribution in [1.29, 1.82) is 0 Å². The van der Waals surface area contributed by atoms with Gasteiger partial charge in [-0.2, -0.15) is 0 Å². The molecule has 0 atom stereocenters. The van der Waals surface area contributed by atoms with Gasteiger partial charge in [0.2, 0.25) is 0 Å². The van der Waals surface area contributed by atoms with E-state index in [1.54, 1.807) is 0 Å². The van der Waals surface area contributed by atoms with E-state index in [9.17, 15) is 22.8 Å². The average molecular weight is 271 g/mol. The molecule has 0 fully saturated rings. The number of hydrogen-bond acceptors (Lipinski definition) is 3. The molecule has 1 aromatic carbocycles. The van der Waals surface area contributed by atoms with Gasteiger partial charge in [-0.15, -0.1) is 0 Å². The smallest absolute Gasteiger partial charge is 0.355 e. The van der Waals surface area contributed by atoms with E-state index in [0.29, 0.717) is 6.07 Å². The van der Waals surface area contributed by atoms with Crippen LogP contribution in [0.2, 0.25) is 0 Å². The number of halogens is 3. The Hall–Kier alpha value is -2.64. The Balaban J connectivity index is 3.02. The molecule has 2 rings (SSSR count). The van der Waals surface area contributed by atoms with Crippen molar-refractivity contribution in [1.82, 2.24) is 4.98 Å². The first-order chi connectivity index (χ1) is 8.84. The third-order valence-electron chi connectivity index (χ3n) is 2.40. The highest BCUT2D eigenvalue weighted by atomic mass is 19.2. The van der Waals surface area contributed by atoms with Crippen molar-refractivity contribution >= 4 is 22.8 Å². The van der Waals surface area contributed by atoms with Gasteiger partial charge in [0.15, 0.2) is 23.1 Å². The van der Waals surface area contributed by atoms with Crippen molar-refractivity contribution < 1.29 is 33.0 Å². The number of aromatic nitrogens is 1. The van der Waals surface area contributed by atoms with Gasteiger partial charge < -0.3 is 10.2 Å². The minimum absolute atomic E-state index is 0.487. The molecule has 98 valence electrons. The predicted octanol–water partition coefficient (Wildman–Crippen LogP) is 2.05. The van der Waals surface area contributed by atoms with E-state index in [1.165, 1.54) is 0 Å². The molecule has 1 heterocycles. The van der Waals surface area contributed by atoms with Crippen LogP contribution in [0.15, 0.2) is 12.1 Å². The fraction of sp³-hybridized carbons (Fsp3) is 0. The summed E-state index contributed by atoms with van der Waals surface area (Å²) < 4.78 is 40.3. The predicted molar refractivity (Wildman–Crippen MR) is 55.5 cm³/mol. The van der Waals surface area contributed by atoms with Crippen molar-refractivity contribution in [3.63, 3.8) is 0 Å². The fourth-order valence-corrected chi connectivity index (χ4v) is 1.60. The number of benzene rings is 1. The topological polar surface area (TPSA) is 87.5 Å². The Bertz CT molecular complexity index is 730. The van der Waals surface area contributed by atoms with Crippen LogP contribution < -0.4 is 0 Å². The molecule has 0 radical (unpaired) electrons.